The molecule has 164 valence electrons. The van der Waals surface area contributed by atoms with E-state index in [0.717, 1.165) is 40.1 Å². The van der Waals surface area contributed by atoms with Crippen LogP contribution in [0.15, 0.2) is 67.1 Å². The van der Waals surface area contributed by atoms with Crippen molar-refractivity contribution in [3.8, 4) is 16.9 Å². The number of ether oxygens (including phenoxy) is 3. The van der Waals surface area contributed by atoms with E-state index >= 15 is 0 Å². The molecule has 0 radical (unpaired) electrons. The van der Waals surface area contributed by atoms with Crippen LogP contribution in [0.1, 0.15) is 30.2 Å². The fourth-order valence-corrected chi connectivity index (χ4v) is 3.83. The maximum Gasteiger partial charge on any atom is 0.335 e. The highest BCUT2D eigenvalue weighted by atomic mass is 16.6. The first-order valence-corrected chi connectivity index (χ1v) is 10.7. The monoisotopic (exact) mass is 430 g/mol. The van der Waals surface area contributed by atoms with Crippen LogP contribution >= 0.6 is 0 Å². The third-order valence-electron chi connectivity index (χ3n) is 5.38. The fourth-order valence-electron chi connectivity index (χ4n) is 3.83. The van der Waals surface area contributed by atoms with Gasteiger partial charge in [0.05, 0.1) is 18.9 Å². The molecule has 6 heteroatoms. The van der Waals surface area contributed by atoms with Gasteiger partial charge in [0, 0.05) is 55.2 Å². The van der Waals surface area contributed by atoms with Gasteiger partial charge in [-0.2, -0.15) is 0 Å². The molecule has 1 aliphatic carbocycles. The molecule has 6 nitrogen and oxygen atoms in total. The number of aromatic nitrogens is 2. The summed E-state index contributed by atoms with van der Waals surface area (Å²) in [5.74, 6) is 0.437. The zero-order chi connectivity index (χ0) is 22.3. The third kappa shape index (κ3) is 4.70. The summed E-state index contributed by atoms with van der Waals surface area (Å²) in [6.45, 7) is 2.67. The summed E-state index contributed by atoms with van der Waals surface area (Å²) in [4.78, 5) is 20.8. The van der Waals surface area contributed by atoms with Crippen molar-refractivity contribution < 1.29 is 19.0 Å². The second-order valence-corrected chi connectivity index (χ2v) is 7.40. The number of pyridine rings is 2. The van der Waals surface area contributed by atoms with Crippen LogP contribution in [-0.2, 0) is 20.7 Å². The van der Waals surface area contributed by atoms with Crippen LogP contribution in [0.5, 0.6) is 5.75 Å². The number of benzene rings is 1. The molecule has 1 atom stereocenters. The Kier molecular flexibility index (Phi) is 6.92. The van der Waals surface area contributed by atoms with Crippen LogP contribution in [0.25, 0.3) is 16.7 Å². The van der Waals surface area contributed by atoms with Crippen molar-refractivity contribution >= 4 is 11.5 Å². The molecule has 0 amide bonds. The van der Waals surface area contributed by atoms with E-state index in [0.29, 0.717) is 19.6 Å². The van der Waals surface area contributed by atoms with Gasteiger partial charge in [-0.15, -0.1) is 0 Å². The summed E-state index contributed by atoms with van der Waals surface area (Å²) in [6, 6.07) is 13.8. The Morgan fingerprint density at radius 1 is 1.06 bits per heavy atom. The van der Waals surface area contributed by atoms with Gasteiger partial charge in [-0.3, -0.25) is 9.97 Å². The Labute approximate surface area is 187 Å². The first-order chi connectivity index (χ1) is 15.7. The van der Waals surface area contributed by atoms with E-state index in [1.165, 1.54) is 12.7 Å². The molecule has 1 aromatic carbocycles. The highest BCUT2D eigenvalue weighted by Gasteiger charge is 2.24. The van der Waals surface area contributed by atoms with E-state index in [4.69, 9.17) is 14.2 Å². The van der Waals surface area contributed by atoms with Crippen molar-refractivity contribution in [2.45, 2.75) is 25.9 Å². The number of nitrogens with zero attached hydrogens (tertiary/aromatic N) is 2. The zero-order valence-corrected chi connectivity index (χ0v) is 18.3. The standard InChI is InChI=1S/C26H26N2O4/c1-3-31-26(29)24(30-2)16-18-8-10-19(11-9-18)32-15-5-7-22-23-17-27-14-12-20(23)21-6-4-13-28-25(21)22/h4,6-14,17,24H,3,5,15-16H2,1-2H3. The molecule has 0 fully saturated rings. The Morgan fingerprint density at radius 2 is 1.91 bits per heavy atom. The van der Waals surface area contributed by atoms with Crippen molar-refractivity contribution in [1.29, 1.82) is 0 Å². The molecule has 1 aliphatic rings. The molecule has 0 N–H and O–H groups in total. The number of rotatable bonds is 9. The maximum absolute atomic E-state index is 11.9. The summed E-state index contributed by atoms with van der Waals surface area (Å²) in [5.41, 5.74) is 6.51. The van der Waals surface area contributed by atoms with Gasteiger partial charge in [0.2, 0.25) is 0 Å². The number of carbonyl (C=O) groups excluding carboxylic acids is 1. The summed E-state index contributed by atoms with van der Waals surface area (Å²) < 4.78 is 16.2. The largest absolute Gasteiger partial charge is 0.493 e. The molecule has 2 aromatic heterocycles. The van der Waals surface area contributed by atoms with E-state index < -0.39 is 6.10 Å². The first-order valence-electron chi connectivity index (χ1n) is 10.7. The molecule has 0 saturated heterocycles. The van der Waals surface area contributed by atoms with Crippen molar-refractivity contribution in [1.82, 2.24) is 9.97 Å². The first kappa shape index (κ1) is 21.7. The molecule has 2 heterocycles. The molecular formula is C26H26N2O4. The normalized spacial score (nSPS) is 14.0. The fraction of sp³-hybridized carbons (Fsp3) is 0.269. The summed E-state index contributed by atoms with van der Waals surface area (Å²) in [7, 11) is 1.51. The lowest BCUT2D eigenvalue weighted by Crippen LogP contribution is -2.27. The van der Waals surface area contributed by atoms with Crippen molar-refractivity contribution in [2.75, 3.05) is 20.3 Å². The van der Waals surface area contributed by atoms with Crippen LogP contribution in [0.4, 0.5) is 0 Å². The molecule has 0 aliphatic heterocycles. The predicted octanol–water partition coefficient (Wildman–Crippen LogP) is 4.48. The summed E-state index contributed by atoms with van der Waals surface area (Å²) >= 11 is 0. The van der Waals surface area contributed by atoms with E-state index in [9.17, 15) is 4.79 Å². The van der Waals surface area contributed by atoms with E-state index in [2.05, 4.69) is 22.1 Å². The molecular weight excluding hydrogens is 404 g/mol. The molecule has 32 heavy (non-hydrogen) atoms. The van der Waals surface area contributed by atoms with Crippen LogP contribution in [0, 0.1) is 0 Å². The van der Waals surface area contributed by atoms with Gasteiger partial charge in [-0.25, -0.2) is 4.79 Å². The summed E-state index contributed by atoms with van der Waals surface area (Å²) in [6.07, 6.45) is 8.29. The lowest BCUT2D eigenvalue weighted by Gasteiger charge is -2.14. The lowest BCUT2D eigenvalue weighted by atomic mass is 10.1. The van der Waals surface area contributed by atoms with E-state index in [1.54, 1.807) is 6.92 Å². The number of fused-ring (bicyclic) bond motifs is 3. The van der Waals surface area contributed by atoms with Gasteiger partial charge in [0.1, 0.15) is 5.75 Å². The minimum absolute atomic E-state index is 0.339. The maximum atomic E-state index is 11.9. The van der Waals surface area contributed by atoms with Crippen molar-refractivity contribution in [2.24, 2.45) is 0 Å². The Balaban J connectivity index is 1.35. The van der Waals surface area contributed by atoms with Crippen LogP contribution in [-0.4, -0.2) is 42.4 Å². The number of hydrogen-bond acceptors (Lipinski definition) is 6. The SMILES string of the molecule is CCOC(=O)C(Cc1ccc(OCCC=C2c3cnccc3-c3cccnc32)cc1)OC. The second-order valence-electron chi connectivity index (χ2n) is 7.40. The van der Waals surface area contributed by atoms with Gasteiger partial charge in [-0.1, -0.05) is 24.3 Å². The number of esters is 1. The molecule has 4 rings (SSSR count). The average Bonchev–Trinajstić information content (AvgIpc) is 3.15. The molecule has 3 aromatic rings. The topological polar surface area (TPSA) is 70.5 Å². The predicted molar refractivity (Wildman–Crippen MR) is 122 cm³/mol. The smallest absolute Gasteiger partial charge is 0.335 e. The average molecular weight is 431 g/mol. The van der Waals surface area contributed by atoms with Gasteiger partial charge < -0.3 is 14.2 Å². The third-order valence-corrected chi connectivity index (χ3v) is 5.38. The number of hydrogen-bond donors (Lipinski definition) is 0. The van der Waals surface area contributed by atoms with Crippen molar-refractivity contribution in [3.63, 3.8) is 0 Å². The minimum Gasteiger partial charge on any atom is -0.493 e. The number of carbonyl (C=O) groups is 1. The molecule has 0 bridgehead atoms. The molecule has 0 saturated carbocycles. The van der Waals surface area contributed by atoms with Crippen LogP contribution < -0.4 is 4.74 Å². The number of methoxy groups -OCH3 is 1. The van der Waals surface area contributed by atoms with Gasteiger partial charge >= 0.3 is 5.97 Å². The Hall–Kier alpha value is -3.51. The zero-order valence-electron chi connectivity index (χ0n) is 18.3. The van der Waals surface area contributed by atoms with E-state index in [1.807, 2.05) is 55.0 Å². The lowest BCUT2D eigenvalue weighted by molar-refractivity contribution is -0.154. The molecule has 1 unspecified atom stereocenters. The second kappa shape index (κ2) is 10.2. The Morgan fingerprint density at radius 3 is 2.69 bits per heavy atom. The van der Waals surface area contributed by atoms with Crippen LogP contribution in [0.2, 0.25) is 0 Å². The van der Waals surface area contributed by atoms with Gasteiger partial charge in [0.25, 0.3) is 0 Å². The van der Waals surface area contributed by atoms with Crippen molar-refractivity contribution in [3.05, 3.63) is 84.0 Å². The minimum atomic E-state index is -0.603. The highest BCUT2D eigenvalue weighted by Crippen LogP contribution is 2.42. The molecule has 0 spiro atoms. The quantitative estimate of drug-likeness (QED) is 0.288. The van der Waals surface area contributed by atoms with E-state index in [-0.39, 0.29) is 5.97 Å². The highest BCUT2D eigenvalue weighted by molar-refractivity contribution is 5.99. The Bertz CT molecular complexity index is 1060. The van der Waals surface area contributed by atoms with Gasteiger partial charge in [-0.05, 0) is 42.3 Å². The van der Waals surface area contributed by atoms with Crippen LogP contribution in [0.3, 0.4) is 0 Å². The summed E-state index contributed by atoms with van der Waals surface area (Å²) in [5, 5.41) is 0. The van der Waals surface area contributed by atoms with Gasteiger partial charge in [0.15, 0.2) is 6.10 Å².